The highest BCUT2D eigenvalue weighted by Crippen LogP contribution is 2.35. The highest BCUT2D eigenvalue weighted by atomic mass is 16.2. The average molecular weight is 447 g/mol. The Labute approximate surface area is 194 Å². The van der Waals surface area contributed by atoms with Gasteiger partial charge in [0.2, 0.25) is 11.8 Å². The minimum atomic E-state index is -0.668. The van der Waals surface area contributed by atoms with Crippen molar-refractivity contribution in [2.45, 2.75) is 39.7 Å². The van der Waals surface area contributed by atoms with Crippen molar-refractivity contribution in [2.75, 3.05) is 19.6 Å². The zero-order chi connectivity index (χ0) is 23.3. The molecule has 0 spiro atoms. The first-order valence-corrected chi connectivity index (χ1v) is 11.4. The average Bonchev–Trinajstić information content (AvgIpc) is 3.24. The molecule has 4 rings (SSSR count). The van der Waals surface area contributed by atoms with Crippen molar-refractivity contribution in [2.24, 2.45) is 5.41 Å². The number of nitrogens with zero attached hydrogens (tertiary/aromatic N) is 5. The normalized spacial score (nSPS) is 18.2. The number of likely N-dealkylation sites (tertiary alicyclic amines) is 1. The van der Waals surface area contributed by atoms with Crippen LogP contribution in [0, 0.1) is 12.3 Å². The quantitative estimate of drug-likeness (QED) is 0.602. The van der Waals surface area contributed by atoms with E-state index in [1.165, 1.54) is 0 Å². The minimum absolute atomic E-state index is 0.00779. The van der Waals surface area contributed by atoms with Crippen LogP contribution in [-0.2, 0) is 22.6 Å². The molecule has 0 unspecified atom stereocenters. The number of hydrogen-bond acceptors (Lipinski definition) is 5. The van der Waals surface area contributed by atoms with Crippen LogP contribution in [0.3, 0.4) is 0 Å². The van der Waals surface area contributed by atoms with Gasteiger partial charge < -0.3 is 10.2 Å². The predicted octanol–water partition coefficient (Wildman–Crippen LogP) is 2.64. The minimum Gasteiger partial charge on any atom is -0.356 e. The highest BCUT2D eigenvalue weighted by molar-refractivity contribution is 5.85. The molecule has 8 nitrogen and oxygen atoms in total. The van der Waals surface area contributed by atoms with Crippen LogP contribution in [0.15, 0.2) is 55.0 Å². The Kier molecular flexibility index (Phi) is 6.82. The van der Waals surface area contributed by atoms with Gasteiger partial charge in [-0.15, -0.1) is 5.10 Å². The first kappa shape index (κ1) is 22.6. The SMILES string of the molecule is CCNC(=O)[C@@]1(Cc2cccc(-c3ccncc3)c2)CCCN(C(=O)Cn2cc(C)nn2)C1. The van der Waals surface area contributed by atoms with Gasteiger partial charge in [0.25, 0.3) is 0 Å². The lowest BCUT2D eigenvalue weighted by atomic mass is 9.74. The lowest BCUT2D eigenvalue weighted by Gasteiger charge is -2.42. The Morgan fingerprint density at radius 3 is 2.70 bits per heavy atom. The number of aromatic nitrogens is 4. The van der Waals surface area contributed by atoms with Crippen LogP contribution in [-0.4, -0.2) is 56.3 Å². The summed E-state index contributed by atoms with van der Waals surface area (Å²) in [4.78, 5) is 32.3. The van der Waals surface area contributed by atoms with Gasteiger partial charge in [0.15, 0.2) is 0 Å². The second-order valence-electron chi connectivity index (χ2n) is 8.73. The lowest BCUT2D eigenvalue weighted by Crippen LogP contribution is -2.55. The summed E-state index contributed by atoms with van der Waals surface area (Å²) in [7, 11) is 0. The predicted molar refractivity (Wildman–Crippen MR) is 125 cm³/mol. The molecule has 2 aromatic heterocycles. The second kappa shape index (κ2) is 9.94. The van der Waals surface area contributed by atoms with E-state index in [1.807, 2.05) is 36.9 Å². The molecule has 172 valence electrons. The summed E-state index contributed by atoms with van der Waals surface area (Å²) in [5.74, 6) is -0.0350. The van der Waals surface area contributed by atoms with E-state index in [0.717, 1.165) is 35.2 Å². The molecular formula is C25H30N6O2. The summed E-state index contributed by atoms with van der Waals surface area (Å²) >= 11 is 0. The zero-order valence-corrected chi connectivity index (χ0v) is 19.2. The Morgan fingerprint density at radius 1 is 1.15 bits per heavy atom. The fraction of sp³-hybridized carbons (Fsp3) is 0.400. The number of piperidine rings is 1. The van der Waals surface area contributed by atoms with E-state index in [4.69, 9.17) is 0 Å². The van der Waals surface area contributed by atoms with Gasteiger partial charge in [-0.2, -0.15) is 0 Å². The summed E-state index contributed by atoms with van der Waals surface area (Å²) in [6, 6.07) is 12.2. The largest absolute Gasteiger partial charge is 0.356 e. The van der Waals surface area contributed by atoms with E-state index in [-0.39, 0.29) is 18.4 Å². The number of benzene rings is 1. The number of amides is 2. The van der Waals surface area contributed by atoms with Gasteiger partial charge in [0.1, 0.15) is 6.54 Å². The summed E-state index contributed by atoms with van der Waals surface area (Å²) < 4.78 is 1.55. The standard InChI is InChI=1S/C25H30N6O2/c1-3-27-24(33)25(15-20-6-4-7-22(14-20)21-8-11-26-12-9-21)10-5-13-30(18-25)23(32)17-31-16-19(2)28-29-31/h4,6-9,11-12,14,16H,3,5,10,13,15,17-18H2,1-2H3,(H,27,33)/t25-/m1/s1. The number of hydrogen-bond donors (Lipinski definition) is 1. The first-order valence-electron chi connectivity index (χ1n) is 11.4. The van der Waals surface area contributed by atoms with Gasteiger partial charge in [-0.05, 0) is 61.9 Å². The maximum atomic E-state index is 13.3. The summed E-state index contributed by atoms with van der Waals surface area (Å²) in [6.07, 6.45) is 7.40. The van der Waals surface area contributed by atoms with Crippen LogP contribution < -0.4 is 5.32 Å². The molecule has 0 bridgehead atoms. The Balaban J connectivity index is 1.57. The molecule has 1 aliphatic rings. The molecule has 33 heavy (non-hydrogen) atoms. The highest BCUT2D eigenvalue weighted by Gasteiger charge is 2.43. The van der Waals surface area contributed by atoms with Crippen molar-refractivity contribution in [3.05, 3.63) is 66.2 Å². The third-order valence-electron chi connectivity index (χ3n) is 6.18. The monoisotopic (exact) mass is 446 g/mol. The summed E-state index contributed by atoms with van der Waals surface area (Å²) in [5.41, 5.74) is 3.36. The number of aryl methyl sites for hydroxylation is 1. The van der Waals surface area contributed by atoms with Gasteiger partial charge in [-0.3, -0.25) is 14.6 Å². The fourth-order valence-corrected chi connectivity index (χ4v) is 4.61. The van der Waals surface area contributed by atoms with Crippen molar-refractivity contribution in [3.8, 4) is 11.1 Å². The topological polar surface area (TPSA) is 93.0 Å². The van der Waals surface area contributed by atoms with Gasteiger partial charge in [0.05, 0.1) is 11.1 Å². The van der Waals surface area contributed by atoms with Gasteiger partial charge >= 0.3 is 0 Å². The zero-order valence-electron chi connectivity index (χ0n) is 19.2. The number of carbonyl (C=O) groups is 2. The van der Waals surface area contributed by atoms with E-state index < -0.39 is 5.41 Å². The van der Waals surface area contributed by atoms with Gasteiger partial charge in [-0.1, -0.05) is 29.5 Å². The smallest absolute Gasteiger partial charge is 0.244 e. The van der Waals surface area contributed by atoms with E-state index in [2.05, 4.69) is 38.8 Å². The van der Waals surface area contributed by atoms with Crippen LogP contribution in [0.2, 0.25) is 0 Å². The van der Waals surface area contributed by atoms with E-state index in [0.29, 0.717) is 26.1 Å². The summed E-state index contributed by atoms with van der Waals surface area (Å²) in [5, 5.41) is 11.0. The molecule has 3 heterocycles. The maximum absolute atomic E-state index is 13.3. The molecule has 1 aliphatic heterocycles. The Morgan fingerprint density at radius 2 is 1.97 bits per heavy atom. The molecule has 1 aromatic carbocycles. The van der Waals surface area contributed by atoms with Crippen LogP contribution in [0.25, 0.3) is 11.1 Å². The van der Waals surface area contributed by atoms with Gasteiger partial charge in [0, 0.05) is 38.2 Å². The van der Waals surface area contributed by atoms with Crippen molar-refractivity contribution < 1.29 is 9.59 Å². The van der Waals surface area contributed by atoms with Crippen LogP contribution in [0.4, 0.5) is 0 Å². The molecule has 0 saturated carbocycles. The summed E-state index contributed by atoms with van der Waals surface area (Å²) in [6.45, 7) is 5.49. The number of rotatable bonds is 7. The molecular weight excluding hydrogens is 416 g/mol. The number of carbonyl (C=O) groups excluding carboxylic acids is 2. The molecule has 1 fully saturated rings. The molecule has 2 amide bonds. The van der Waals surface area contributed by atoms with Crippen LogP contribution >= 0.6 is 0 Å². The molecule has 1 N–H and O–H groups in total. The third kappa shape index (κ3) is 5.27. The van der Waals surface area contributed by atoms with Crippen molar-refractivity contribution in [3.63, 3.8) is 0 Å². The van der Waals surface area contributed by atoms with E-state index in [9.17, 15) is 9.59 Å². The van der Waals surface area contributed by atoms with Crippen LogP contribution in [0.5, 0.6) is 0 Å². The van der Waals surface area contributed by atoms with E-state index >= 15 is 0 Å². The second-order valence-corrected chi connectivity index (χ2v) is 8.73. The van der Waals surface area contributed by atoms with E-state index in [1.54, 1.807) is 23.3 Å². The first-order chi connectivity index (χ1) is 16.0. The molecule has 0 radical (unpaired) electrons. The van der Waals surface area contributed by atoms with Crippen molar-refractivity contribution in [1.29, 1.82) is 0 Å². The Bertz CT molecular complexity index is 1110. The third-order valence-corrected chi connectivity index (χ3v) is 6.18. The number of pyridine rings is 1. The van der Waals surface area contributed by atoms with Gasteiger partial charge in [-0.25, -0.2) is 4.68 Å². The Hall–Kier alpha value is -3.55. The molecule has 3 aromatic rings. The molecule has 1 saturated heterocycles. The molecule has 1 atom stereocenters. The molecule has 0 aliphatic carbocycles. The fourth-order valence-electron chi connectivity index (χ4n) is 4.61. The number of nitrogens with one attached hydrogen (secondary N) is 1. The van der Waals surface area contributed by atoms with Crippen LogP contribution in [0.1, 0.15) is 31.0 Å². The van der Waals surface area contributed by atoms with Crippen molar-refractivity contribution >= 4 is 11.8 Å². The maximum Gasteiger partial charge on any atom is 0.244 e. The molecule has 8 heteroatoms. The lowest BCUT2D eigenvalue weighted by molar-refractivity contribution is -0.142. The van der Waals surface area contributed by atoms with Crippen molar-refractivity contribution in [1.82, 2.24) is 30.2 Å².